The molecule has 0 heterocycles. The largest absolute Gasteiger partial charge is 0.354 e. The van der Waals surface area contributed by atoms with Crippen molar-refractivity contribution in [3.8, 4) is 0 Å². The van der Waals surface area contributed by atoms with Crippen molar-refractivity contribution in [2.45, 2.75) is 6.92 Å². The quantitative estimate of drug-likeness (QED) is 0.647. The second-order valence-corrected chi connectivity index (χ2v) is 6.49. The van der Waals surface area contributed by atoms with E-state index in [0.717, 1.165) is 33.6 Å². The van der Waals surface area contributed by atoms with Gasteiger partial charge in [0.05, 0.1) is 11.3 Å². The Bertz CT molecular complexity index is 1010. The van der Waals surface area contributed by atoms with Gasteiger partial charge in [0.25, 0.3) is 0 Å². The van der Waals surface area contributed by atoms with Crippen molar-refractivity contribution in [1.82, 2.24) is 0 Å². The molecule has 0 fully saturated rings. The first-order valence-corrected chi connectivity index (χ1v) is 8.50. The number of aryl methyl sites for hydroxylation is 1. The zero-order chi connectivity index (χ0) is 17.4. The molecule has 0 saturated heterocycles. The number of rotatable bonds is 3. The molecule has 3 heteroatoms. The molecule has 3 aromatic rings. The predicted octanol–water partition coefficient (Wildman–Crippen LogP) is 5.83. The molecule has 3 aromatic carbocycles. The standard InChI is InChI=1S/C22H16ClNO/c1-14-11-12-16(13-19(14)23)24-21-17-9-5-6-10-18(17)22(25)20(21)15-7-3-2-4-8-15/h2-13,24H,1H3. The van der Waals surface area contributed by atoms with Gasteiger partial charge in [-0.1, -0.05) is 72.3 Å². The zero-order valence-electron chi connectivity index (χ0n) is 13.7. The molecule has 0 atom stereocenters. The molecule has 0 saturated carbocycles. The van der Waals surface area contributed by atoms with Crippen molar-refractivity contribution in [2.75, 3.05) is 5.32 Å². The van der Waals surface area contributed by atoms with Crippen molar-refractivity contribution in [3.05, 3.63) is 100 Å². The Morgan fingerprint density at radius 2 is 1.52 bits per heavy atom. The zero-order valence-corrected chi connectivity index (χ0v) is 14.5. The average molecular weight is 346 g/mol. The Morgan fingerprint density at radius 1 is 0.840 bits per heavy atom. The van der Waals surface area contributed by atoms with Gasteiger partial charge in [-0.2, -0.15) is 0 Å². The van der Waals surface area contributed by atoms with Crippen LogP contribution < -0.4 is 5.32 Å². The van der Waals surface area contributed by atoms with Crippen LogP contribution in [0.5, 0.6) is 0 Å². The van der Waals surface area contributed by atoms with Gasteiger partial charge in [-0.15, -0.1) is 0 Å². The number of fused-ring (bicyclic) bond motifs is 1. The molecule has 25 heavy (non-hydrogen) atoms. The first kappa shape index (κ1) is 15.7. The van der Waals surface area contributed by atoms with E-state index in [1.807, 2.05) is 79.7 Å². The second kappa shape index (κ2) is 6.23. The van der Waals surface area contributed by atoms with Crippen LogP contribution in [0.4, 0.5) is 5.69 Å². The molecular formula is C22H16ClNO. The van der Waals surface area contributed by atoms with Crippen LogP contribution in [0.15, 0.2) is 72.8 Å². The summed E-state index contributed by atoms with van der Waals surface area (Å²) >= 11 is 6.26. The fraction of sp³-hybridized carbons (Fsp3) is 0.0455. The monoisotopic (exact) mass is 345 g/mol. The highest BCUT2D eigenvalue weighted by molar-refractivity contribution is 6.40. The number of anilines is 1. The predicted molar refractivity (Wildman–Crippen MR) is 104 cm³/mol. The van der Waals surface area contributed by atoms with Crippen LogP contribution >= 0.6 is 11.6 Å². The normalized spacial score (nSPS) is 13.1. The van der Waals surface area contributed by atoms with Crippen molar-refractivity contribution >= 4 is 34.3 Å². The van der Waals surface area contributed by atoms with Crippen molar-refractivity contribution in [1.29, 1.82) is 0 Å². The molecule has 0 amide bonds. The molecule has 0 bridgehead atoms. The summed E-state index contributed by atoms with van der Waals surface area (Å²) in [4.78, 5) is 13.0. The van der Waals surface area contributed by atoms with Gasteiger partial charge >= 0.3 is 0 Å². The summed E-state index contributed by atoms with van der Waals surface area (Å²) in [6.07, 6.45) is 0. The van der Waals surface area contributed by atoms with Gasteiger partial charge < -0.3 is 5.32 Å². The summed E-state index contributed by atoms with van der Waals surface area (Å²) in [5.74, 6) is 0.0440. The second-order valence-electron chi connectivity index (χ2n) is 6.08. The molecule has 0 aliphatic heterocycles. The van der Waals surface area contributed by atoms with E-state index in [1.165, 1.54) is 0 Å². The smallest absolute Gasteiger partial charge is 0.196 e. The average Bonchev–Trinajstić information content (AvgIpc) is 2.91. The molecule has 1 aliphatic carbocycles. The lowest BCUT2D eigenvalue weighted by atomic mass is 10.0. The van der Waals surface area contributed by atoms with Gasteiger partial charge in [0.15, 0.2) is 5.78 Å². The van der Waals surface area contributed by atoms with E-state index < -0.39 is 0 Å². The van der Waals surface area contributed by atoms with Gasteiger partial charge in [0, 0.05) is 21.8 Å². The van der Waals surface area contributed by atoms with E-state index in [4.69, 9.17) is 11.6 Å². The molecule has 0 unspecified atom stereocenters. The molecule has 4 rings (SSSR count). The molecular weight excluding hydrogens is 330 g/mol. The maximum atomic E-state index is 13.0. The number of hydrogen-bond acceptors (Lipinski definition) is 2. The van der Waals surface area contributed by atoms with Crippen molar-refractivity contribution in [3.63, 3.8) is 0 Å². The minimum absolute atomic E-state index is 0.0440. The number of Topliss-reactive ketones (excluding diaryl/α,β-unsaturated/α-hetero) is 1. The maximum absolute atomic E-state index is 13.0. The number of allylic oxidation sites excluding steroid dienone is 1. The molecule has 0 aromatic heterocycles. The third-order valence-electron chi connectivity index (χ3n) is 4.42. The van der Waals surface area contributed by atoms with E-state index in [9.17, 15) is 4.79 Å². The van der Waals surface area contributed by atoms with Crippen LogP contribution in [0.2, 0.25) is 5.02 Å². The van der Waals surface area contributed by atoms with E-state index in [-0.39, 0.29) is 5.78 Å². The van der Waals surface area contributed by atoms with Gasteiger partial charge in [0.1, 0.15) is 0 Å². The third-order valence-corrected chi connectivity index (χ3v) is 4.83. The number of benzene rings is 3. The molecule has 122 valence electrons. The summed E-state index contributed by atoms with van der Waals surface area (Å²) in [6, 6.07) is 23.3. The lowest BCUT2D eigenvalue weighted by Gasteiger charge is -2.12. The summed E-state index contributed by atoms with van der Waals surface area (Å²) in [5.41, 5.74) is 5.95. The van der Waals surface area contributed by atoms with Crippen molar-refractivity contribution < 1.29 is 4.79 Å². The molecule has 0 radical (unpaired) electrons. The minimum Gasteiger partial charge on any atom is -0.354 e. The molecule has 1 N–H and O–H groups in total. The molecule has 1 aliphatic rings. The summed E-state index contributed by atoms with van der Waals surface area (Å²) in [6.45, 7) is 1.97. The van der Waals surface area contributed by atoms with E-state index in [1.54, 1.807) is 0 Å². The Balaban J connectivity index is 1.88. The molecule has 2 nitrogen and oxygen atoms in total. The summed E-state index contributed by atoms with van der Waals surface area (Å²) < 4.78 is 0. The highest BCUT2D eigenvalue weighted by Gasteiger charge is 2.30. The number of halogens is 1. The topological polar surface area (TPSA) is 29.1 Å². The third kappa shape index (κ3) is 2.75. The highest BCUT2D eigenvalue weighted by Crippen LogP contribution is 2.39. The van der Waals surface area contributed by atoms with Crippen LogP contribution in [0.3, 0.4) is 0 Å². The minimum atomic E-state index is 0.0440. The van der Waals surface area contributed by atoms with Crippen LogP contribution in [-0.4, -0.2) is 5.78 Å². The summed E-state index contributed by atoms with van der Waals surface area (Å²) in [7, 11) is 0. The van der Waals surface area contributed by atoms with Crippen molar-refractivity contribution in [2.24, 2.45) is 0 Å². The van der Waals surface area contributed by atoms with Crippen LogP contribution in [0.1, 0.15) is 27.0 Å². The van der Waals surface area contributed by atoms with Gasteiger partial charge in [-0.25, -0.2) is 0 Å². The molecule has 0 spiro atoms. The first-order valence-electron chi connectivity index (χ1n) is 8.12. The first-order chi connectivity index (χ1) is 12.1. The van der Waals surface area contributed by atoms with Crippen LogP contribution in [0, 0.1) is 6.92 Å². The van der Waals surface area contributed by atoms with Gasteiger partial charge in [-0.05, 0) is 30.2 Å². The maximum Gasteiger partial charge on any atom is 0.196 e. The van der Waals surface area contributed by atoms with Crippen LogP contribution in [-0.2, 0) is 0 Å². The number of hydrogen-bond donors (Lipinski definition) is 1. The SMILES string of the molecule is Cc1ccc(NC2=C(c3ccccc3)C(=O)c3ccccc32)cc1Cl. The van der Waals surface area contributed by atoms with E-state index >= 15 is 0 Å². The number of ketones is 1. The lowest BCUT2D eigenvalue weighted by Crippen LogP contribution is -2.01. The van der Waals surface area contributed by atoms with Gasteiger partial charge in [-0.3, -0.25) is 4.79 Å². The Kier molecular flexibility index (Phi) is 3.90. The fourth-order valence-electron chi connectivity index (χ4n) is 3.11. The Morgan fingerprint density at radius 3 is 2.24 bits per heavy atom. The Hall–Kier alpha value is -2.84. The van der Waals surface area contributed by atoms with Crippen LogP contribution in [0.25, 0.3) is 11.3 Å². The van der Waals surface area contributed by atoms with Gasteiger partial charge in [0.2, 0.25) is 0 Å². The number of carbonyl (C=O) groups is 1. The summed E-state index contributed by atoms with van der Waals surface area (Å²) in [5, 5.41) is 4.12. The van der Waals surface area contributed by atoms with E-state index in [2.05, 4.69) is 5.32 Å². The lowest BCUT2D eigenvalue weighted by molar-refractivity contribution is 0.105. The Labute approximate surface area is 151 Å². The van der Waals surface area contributed by atoms with E-state index in [0.29, 0.717) is 10.6 Å². The number of carbonyl (C=O) groups excluding carboxylic acids is 1. The highest BCUT2D eigenvalue weighted by atomic mass is 35.5. The fourth-order valence-corrected chi connectivity index (χ4v) is 3.29. The number of nitrogens with one attached hydrogen (secondary N) is 1.